The van der Waals surface area contributed by atoms with Gasteiger partial charge in [0.1, 0.15) is 34.3 Å². The fourth-order valence-corrected chi connectivity index (χ4v) is 4.23. The Bertz CT molecular complexity index is 1570. The first-order valence-corrected chi connectivity index (χ1v) is 10.9. The summed E-state index contributed by atoms with van der Waals surface area (Å²) in [6.45, 7) is 5.85. The van der Waals surface area contributed by atoms with E-state index in [2.05, 4.69) is 15.0 Å². The number of nitrogens with two attached hydrogens (primary N) is 1. The number of nitrogen functional groups attached to an aromatic ring is 1. The molecule has 0 unspecified atom stereocenters. The van der Waals surface area contributed by atoms with Gasteiger partial charge >= 0.3 is 0 Å². The lowest BCUT2D eigenvalue weighted by atomic mass is 10.1. The van der Waals surface area contributed by atoms with Crippen LogP contribution in [0.3, 0.4) is 0 Å². The quantitative estimate of drug-likeness (QED) is 0.425. The second-order valence-electron chi connectivity index (χ2n) is 8.70. The van der Waals surface area contributed by atoms with E-state index < -0.39 is 17.7 Å². The summed E-state index contributed by atoms with van der Waals surface area (Å²) < 4.78 is 33.2. The van der Waals surface area contributed by atoms with Crippen LogP contribution in [0, 0.1) is 24.6 Å². The van der Waals surface area contributed by atoms with Crippen molar-refractivity contribution in [2.24, 2.45) is 5.92 Å². The number of fused-ring (bicyclic) bond motifs is 4. The number of aromatic nitrogens is 5. The molecule has 8 nitrogen and oxygen atoms in total. The predicted molar refractivity (Wildman–Crippen MR) is 124 cm³/mol. The van der Waals surface area contributed by atoms with Crippen molar-refractivity contribution in [1.82, 2.24) is 28.7 Å². The van der Waals surface area contributed by atoms with E-state index in [9.17, 15) is 9.18 Å². The Balaban J connectivity index is 1.60. The number of aryl methyl sites for hydroxylation is 1. The summed E-state index contributed by atoms with van der Waals surface area (Å²) in [4.78, 5) is 27.8. The van der Waals surface area contributed by atoms with Crippen LogP contribution < -0.4 is 5.73 Å². The third-order valence-corrected chi connectivity index (χ3v) is 5.73. The van der Waals surface area contributed by atoms with E-state index in [1.165, 1.54) is 21.4 Å². The minimum atomic E-state index is -0.731. The van der Waals surface area contributed by atoms with Crippen LogP contribution in [0.15, 0.2) is 42.7 Å². The van der Waals surface area contributed by atoms with E-state index in [1.807, 2.05) is 13.8 Å². The number of hydrogen-bond donors (Lipinski definition) is 1. The second-order valence-corrected chi connectivity index (χ2v) is 8.70. The first-order valence-electron chi connectivity index (χ1n) is 10.9. The summed E-state index contributed by atoms with van der Waals surface area (Å²) in [5.74, 6) is -0.929. The molecule has 1 aromatic carbocycles. The van der Waals surface area contributed by atoms with Crippen LogP contribution in [-0.4, -0.2) is 41.1 Å². The van der Waals surface area contributed by atoms with E-state index in [-0.39, 0.29) is 29.5 Å². The molecule has 0 spiro atoms. The second kappa shape index (κ2) is 8.05. The summed E-state index contributed by atoms with van der Waals surface area (Å²) >= 11 is 0. The van der Waals surface area contributed by atoms with E-state index in [1.54, 1.807) is 41.9 Å². The van der Waals surface area contributed by atoms with Crippen molar-refractivity contribution in [1.29, 1.82) is 0 Å². The molecule has 0 saturated heterocycles. The topological polar surface area (TPSA) is 93.8 Å². The number of benzene rings is 1. The highest BCUT2D eigenvalue weighted by Crippen LogP contribution is 2.26. The van der Waals surface area contributed by atoms with Crippen LogP contribution >= 0.6 is 0 Å². The number of nitrogens with zero attached hydrogens (tertiary/aromatic N) is 6. The molecule has 4 aromatic heterocycles. The van der Waals surface area contributed by atoms with Gasteiger partial charge in [0.25, 0.3) is 5.91 Å². The monoisotopic (exact) mass is 463 g/mol. The van der Waals surface area contributed by atoms with Crippen molar-refractivity contribution in [3.8, 4) is 0 Å². The van der Waals surface area contributed by atoms with Crippen molar-refractivity contribution in [2.75, 3.05) is 12.3 Å². The van der Waals surface area contributed by atoms with E-state index >= 15 is 4.39 Å². The van der Waals surface area contributed by atoms with Gasteiger partial charge in [-0.25, -0.2) is 19.3 Å². The van der Waals surface area contributed by atoms with Crippen LogP contribution in [0.5, 0.6) is 0 Å². The molecule has 0 aliphatic rings. The summed E-state index contributed by atoms with van der Waals surface area (Å²) in [6, 6.07) is 7.78. The Morgan fingerprint density at radius 1 is 1.18 bits per heavy atom. The molecule has 0 aliphatic heterocycles. The molecular formula is C24H23F2N7O. The van der Waals surface area contributed by atoms with Gasteiger partial charge in [0.15, 0.2) is 0 Å². The maximum atomic E-state index is 15.2. The van der Waals surface area contributed by atoms with Crippen LogP contribution in [0.1, 0.15) is 35.7 Å². The zero-order valence-corrected chi connectivity index (χ0v) is 19.0. The first kappa shape index (κ1) is 21.7. The number of hydrogen-bond acceptors (Lipinski definition) is 5. The average Bonchev–Trinajstić information content (AvgIpc) is 3.33. The van der Waals surface area contributed by atoms with Crippen LogP contribution in [0.2, 0.25) is 0 Å². The van der Waals surface area contributed by atoms with E-state index in [0.29, 0.717) is 34.6 Å². The molecule has 174 valence electrons. The average molecular weight is 463 g/mol. The fraction of sp³-hybridized carbons (Fsp3) is 0.250. The number of halogens is 2. The normalized spacial score (nSPS) is 11.8. The van der Waals surface area contributed by atoms with Gasteiger partial charge in [-0.2, -0.15) is 4.39 Å². The van der Waals surface area contributed by atoms with Crippen molar-refractivity contribution in [2.45, 2.75) is 27.3 Å². The van der Waals surface area contributed by atoms with Gasteiger partial charge in [-0.3, -0.25) is 13.6 Å². The number of carbonyl (C=O) groups excluding carboxylic acids is 1. The molecule has 0 saturated carbocycles. The highest BCUT2D eigenvalue weighted by Gasteiger charge is 2.25. The standard InChI is InChI=1S/C24H23F2N7O/c1-13(2)11-31(12-18-22(26)32-7-5-4-6-21(32)29-18)24(34)15-8-19-17(9-16(15)25)30-23(27)20-10-28-14(3)33(19)20/h4-10,13H,11-12H2,1-3H3,(H2,27,30). The van der Waals surface area contributed by atoms with E-state index in [4.69, 9.17) is 5.73 Å². The molecule has 2 N–H and O–H groups in total. The van der Waals surface area contributed by atoms with Crippen LogP contribution in [0.25, 0.3) is 22.2 Å². The largest absolute Gasteiger partial charge is 0.382 e. The van der Waals surface area contributed by atoms with Gasteiger partial charge in [0.2, 0.25) is 5.95 Å². The van der Waals surface area contributed by atoms with Crippen LogP contribution in [0.4, 0.5) is 14.6 Å². The van der Waals surface area contributed by atoms with Crippen molar-refractivity contribution in [3.63, 3.8) is 0 Å². The van der Waals surface area contributed by atoms with Gasteiger partial charge in [-0.1, -0.05) is 19.9 Å². The number of rotatable bonds is 5. The summed E-state index contributed by atoms with van der Waals surface area (Å²) in [7, 11) is 0. The Kier molecular flexibility index (Phi) is 5.15. The molecule has 0 bridgehead atoms. The molecule has 0 fully saturated rings. The van der Waals surface area contributed by atoms with Crippen molar-refractivity contribution >= 4 is 33.9 Å². The smallest absolute Gasteiger partial charge is 0.257 e. The molecule has 34 heavy (non-hydrogen) atoms. The predicted octanol–water partition coefficient (Wildman–Crippen LogP) is 4.00. The number of carbonyl (C=O) groups is 1. The molecule has 0 atom stereocenters. The maximum Gasteiger partial charge on any atom is 0.257 e. The third-order valence-electron chi connectivity index (χ3n) is 5.73. The SMILES string of the molecule is Cc1ncc2c(N)nc3cc(F)c(C(=O)N(Cc4nc5ccccn5c4F)CC(C)C)cc3n12. The van der Waals surface area contributed by atoms with Crippen molar-refractivity contribution < 1.29 is 13.6 Å². The number of anilines is 1. The minimum Gasteiger partial charge on any atom is -0.382 e. The van der Waals surface area contributed by atoms with E-state index in [0.717, 1.165) is 0 Å². The lowest BCUT2D eigenvalue weighted by Crippen LogP contribution is -2.34. The Morgan fingerprint density at radius 2 is 1.97 bits per heavy atom. The molecule has 10 heteroatoms. The number of amides is 1. The minimum absolute atomic E-state index is 0.0663. The Hall–Kier alpha value is -4.08. The van der Waals surface area contributed by atoms with Gasteiger partial charge in [0.05, 0.1) is 29.3 Å². The zero-order chi connectivity index (χ0) is 24.1. The van der Waals surface area contributed by atoms with Crippen molar-refractivity contribution in [3.05, 3.63) is 71.6 Å². The van der Waals surface area contributed by atoms with Crippen LogP contribution in [-0.2, 0) is 6.54 Å². The van der Waals surface area contributed by atoms with Gasteiger partial charge < -0.3 is 10.6 Å². The molecule has 5 aromatic rings. The number of imidazole rings is 2. The van der Waals surface area contributed by atoms with Gasteiger partial charge in [0, 0.05) is 18.8 Å². The first-order chi connectivity index (χ1) is 16.2. The lowest BCUT2D eigenvalue weighted by Gasteiger charge is -2.24. The number of pyridine rings is 1. The lowest BCUT2D eigenvalue weighted by molar-refractivity contribution is 0.0714. The Morgan fingerprint density at radius 3 is 2.71 bits per heavy atom. The molecule has 1 amide bonds. The van der Waals surface area contributed by atoms with Gasteiger partial charge in [-0.05, 0) is 31.0 Å². The summed E-state index contributed by atoms with van der Waals surface area (Å²) in [5, 5.41) is 0. The fourth-order valence-electron chi connectivity index (χ4n) is 4.23. The summed E-state index contributed by atoms with van der Waals surface area (Å²) in [5.41, 5.74) is 7.80. The zero-order valence-electron chi connectivity index (χ0n) is 19.0. The molecule has 0 radical (unpaired) electrons. The molecule has 5 rings (SSSR count). The Labute approximate surface area is 193 Å². The molecule has 4 heterocycles. The molecule has 0 aliphatic carbocycles. The third kappa shape index (κ3) is 3.51. The highest BCUT2D eigenvalue weighted by molar-refractivity contribution is 5.98. The maximum absolute atomic E-state index is 15.2. The summed E-state index contributed by atoms with van der Waals surface area (Å²) in [6.07, 6.45) is 3.15. The highest BCUT2D eigenvalue weighted by atomic mass is 19.1. The molecular weight excluding hydrogens is 440 g/mol. The van der Waals surface area contributed by atoms with Gasteiger partial charge in [-0.15, -0.1) is 0 Å².